The Kier molecular flexibility index (Phi) is 28.4. The van der Waals surface area contributed by atoms with Gasteiger partial charge >= 0.3 is 110 Å². The topological polar surface area (TPSA) is 192 Å². The second kappa shape index (κ2) is 14.8. The van der Waals surface area contributed by atoms with E-state index in [1.54, 1.807) is 0 Å². The van der Waals surface area contributed by atoms with E-state index in [-0.39, 0.29) is 52.4 Å². The molecule has 0 saturated heterocycles. The Bertz CT molecular complexity index is 190. The van der Waals surface area contributed by atoms with E-state index < -0.39 is 21.1 Å². The van der Waals surface area contributed by atoms with E-state index >= 15 is 0 Å². The molecule has 0 bridgehead atoms. The molecule has 0 aliphatic rings. The van der Waals surface area contributed by atoms with Crippen LogP contribution in [-0.4, -0.2) is 48.4 Å². The minimum Gasteiger partial charge on any atom is 1.00 e. The molecular weight excluding hydrogens is 336 g/mol. The third-order valence-corrected chi connectivity index (χ3v) is 5.43. The van der Waals surface area contributed by atoms with Gasteiger partial charge in [0.1, 0.15) is 0 Å². The normalized spacial score (nSPS) is 16.0. The maximum absolute atomic E-state index is 10.5. The van der Waals surface area contributed by atoms with Crippen LogP contribution in [0, 0.1) is 0 Å². The predicted molar refractivity (Wildman–Crippen MR) is 58.6 cm³/mol. The zero-order chi connectivity index (χ0) is 9.78. The van der Waals surface area contributed by atoms with Gasteiger partial charge in [0.05, 0.1) is 0 Å². The largest absolute Gasteiger partial charge is 1.00 e. The van der Waals surface area contributed by atoms with Crippen LogP contribution in [0.5, 0.6) is 0 Å². The molecule has 8 N–H and O–H groups in total. The second-order valence-electron chi connectivity index (χ2n) is 2.35. The quantitative estimate of drug-likeness (QED) is 0.365. The first-order valence-corrected chi connectivity index (χ1v) is 7.71. The van der Waals surface area contributed by atoms with Gasteiger partial charge in [-0.25, -0.2) is 0 Å². The fourth-order valence-corrected chi connectivity index (χ4v) is 2.55. The Morgan fingerprint density at radius 2 is 1.62 bits per heavy atom. The van der Waals surface area contributed by atoms with E-state index in [9.17, 15) is 19.1 Å². The van der Waals surface area contributed by atoms with Crippen LogP contribution in [0.2, 0.25) is 5.21 Å². The molecule has 12 heteroatoms. The average molecular weight is 354 g/mol. The van der Waals surface area contributed by atoms with Crippen LogP contribution in [0.15, 0.2) is 0 Å². The van der Waals surface area contributed by atoms with Crippen LogP contribution < -0.4 is 34.5 Å². The maximum atomic E-state index is 10.5. The Hall–Kier alpha value is 1.78. The van der Waals surface area contributed by atoms with Gasteiger partial charge in [0.25, 0.3) is 0 Å². The zero-order valence-corrected chi connectivity index (χ0v) is 15.2. The molecule has 0 aromatic heterocycles. The first-order chi connectivity index (χ1) is 5.45. The molecule has 0 rings (SSSR count). The molecule has 0 saturated carbocycles. The Balaban J connectivity index is -0.000000101. The zero-order valence-electron chi connectivity index (χ0n) is 8.82. The Morgan fingerprint density at radius 3 is 1.81 bits per heavy atom. The van der Waals surface area contributed by atoms with Gasteiger partial charge in [-0.3, -0.25) is 0 Å². The smallest absolute Gasteiger partial charge is 1.00 e. The van der Waals surface area contributed by atoms with Crippen molar-refractivity contribution in [3.63, 3.8) is 0 Å². The summed E-state index contributed by atoms with van der Waals surface area (Å²) in [5.41, 5.74) is 0. The van der Waals surface area contributed by atoms with Crippen molar-refractivity contribution in [3.8, 4) is 0 Å². The van der Waals surface area contributed by atoms with Gasteiger partial charge < -0.3 is 16.4 Å². The van der Waals surface area contributed by atoms with Crippen LogP contribution in [0.25, 0.3) is 0 Å². The maximum Gasteiger partial charge on any atom is 1.00 e. The summed E-state index contributed by atoms with van der Waals surface area (Å²) in [4.78, 5) is 19.1. The van der Waals surface area contributed by atoms with Crippen molar-refractivity contribution in [1.29, 1.82) is 0 Å². The van der Waals surface area contributed by atoms with Gasteiger partial charge in [-0.2, -0.15) is 0 Å². The van der Waals surface area contributed by atoms with Gasteiger partial charge in [0.2, 0.25) is 0 Å². The molecule has 4 unspecified atom stereocenters. The van der Waals surface area contributed by atoms with E-state index in [1.807, 2.05) is 0 Å². The standard InChI is InChI=1S/C4H13AsO5P2.Na.3H2O/c5-3-1-2-4(6,11(7)8)12(9)10;;;;/h6,11-12H,1-3,5H2,(H,7,8)(H,9,10);;3*1H2/q;+1;;;/p-1. The molecule has 0 aromatic rings. The molecule has 0 spiro atoms. The average Bonchev–Trinajstić information content (AvgIpc) is 1.99. The van der Waals surface area contributed by atoms with Crippen molar-refractivity contribution < 1.29 is 70.0 Å². The van der Waals surface area contributed by atoms with E-state index in [0.717, 1.165) is 5.21 Å². The van der Waals surface area contributed by atoms with Crippen molar-refractivity contribution >= 4 is 32.9 Å². The Morgan fingerprint density at radius 1 is 1.25 bits per heavy atom. The van der Waals surface area contributed by atoms with Crippen LogP contribution in [0.4, 0.5) is 0 Å². The van der Waals surface area contributed by atoms with Crippen molar-refractivity contribution in [2.45, 2.75) is 23.1 Å². The third kappa shape index (κ3) is 9.77. The molecule has 8 nitrogen and oxygen atoms in total. The molecule has 0 radical (unpaired) electrons. The molecule has 0 aromatic carbocycles. The molecule has 16 heavy (non-hydrogen) atoms. The minimum absolute atomic E-state index is 0. The number of rotatable bonds is 5. The summed E-state index contributed by atoms with van der Waals surface area (Å²) >= 11 is 1.40. The van der Waals surface area contributed by atoms with Crippen LogP contribution in [-0.2, 0) is 9.13 Å². The molecule has 0 aliphatic heterocycles. The summed E-state index contributed by atoms with van der Waals surface area (Å²) in [7, 11) is -7.01. The van der Waals surface area contributed by atoms with Gasteiger partial charge in [-0.1, -0.05) is 0 Å². The summed E-state index contributed by atoms with van der Waals surface area (Å²) in [5.74, 6) is 0. The van der Waals surface area contributed by atoms with Gasteiger partial charge in [0.15, 0.2) is 0 Å². The number of hydrogen-bond acceptors (Lipinski definition) is 4. The summed E-state index contributed by atoms with van der Waals surface area (Å²) in [6.07, 6.45) is 0.312. The van der Waals surface area contributed by atoms with Crippen LogP contribution >= 0.6 is 16.1 Å². The van der Waals surface area contributed by atoms with E-state index in [0.29, 0.717) is 6.42 Å². The number of aliphatic hydroxyl groups is 1. The van der Waals surface area contributed by atoms with Crippen molar-refractivity contribution in [2.75, 3.05) is 0 Å². The fourth-order valence-electron chi connectivity index (χ4n) is 0.654. The van der Waals surface area contributed by atoms with Crippen molar-refractivity contribution in [2.24, 2.45) is 0 Å². The molecule has 4 atom stereocenters. The summed E-state index contributed by atoms with van der Waals surface area (Å²) in [6.45, 7) is 0. The van der Waals surface area contributed by atoms with Gasteiger partial charge in [-0.15, -0.1) is 0 Å². The van der Waals surface area contributed by atoms with Gasteiger partial charge in [0, 0.05) is 0 Å². The first-order valence-electron chi connectivity index (χ1n) is 3.32. The van der Waals surface area contributed by atoms with E-state index in [1.165, 1.54) is 16.9 Å². The Labute approximate surface area is 125 Å². The van der Waals surface area contributed by atoms with Crippen LogP contribution in [0.1, 0.15) is 12.8 Å². The van der Waals surface area contributed by atoms with Gasteiger partial charge in [-0.05, 0) is 0 Å². The van der Waals surface area contributed by atoms with Crippen LogP contribution in [0.3, 0.4) is 0 Å². The SMILES string of the molecule is O.O.O.O=[PH]([O-])C(O)(CCC[AsH2])[PH](=O)O.[Na+]. The second-order valence-corrected chi connectivity index (χ2v) is 6.90. The third-order valence-electron chi connectivity index (χ3n) is 1.43. The number of hydrogen-bond donors (Lipinski definition) is 2. The molecule has 0 heterocycles. The monoisotopic (exact) mass is 354 g/mol. The molecule has 0 fully saturated rings. The van der Waals surface area contributed by atoms with E-state index in [4.69, 9.17) is 4.89 Å². The summed E-state index contributed by atoms with van der Waals surface area (Å²) in [5, 5.41) is 7.60. The summed E-state index contributed by atoms with van der Waals surface area (Å²) < 4.78 is 21.0. The summed E-state index contributed by atoms with van der Waals surface area (Å²) in [6, 6.07) is 0. The minimum atomic E-state index is -3.60. The van der Waals surface area contributed by atoms with E-state index in [2.05, 4.69) is 0 Å². The molecule has 98 valence electrons. The predicted octanol–water partition coefficient (Wildman–Crippen LogP) is -6.70. The fraction of sp³-hybridized carbons (Fsp3) is 1.00. The van der Waals surface area contributed by atoms with Crippen molar-refractivity contribution in [3.05, 3.63) is 0 Å². The molecular formula is C4H18AsNaO8P2. The first kappa shape index (κ1) is 30.7. The van der Waals surface area contributed by atoms with Crippen molar-refractivity contribution in [1.82, 2.24) is 0 Å². The molecule has 0 amide bonds. The molecule has 0 aliphatic carbocycles.